The van der Waals surface area contributed by atoms with Gasteiger partial charge < -0.3 is 15.3 Å². The van der Waals surface area contributed by atoms with Gasteiger partial charge in [0.15, 0.2) is 0 Å². The fraction of sp³-hybridized carbons (Fsp3) is 0.875. The molecule has 21 heavy (non-hydrogen) atoms. The molecule has 1 heterocycles. The van der Waals surface area contributed by atoms with Crippen LogP contribution in [0.2, 0.25) is 0 Å². The first-order chi connectivity index (χ1) is 10.0. The zero-order valence-electron chi connectivity index (χ0n) is 13.2. The van der Waals surface area contributed by atoms with E-state index in [2.05, 4.69) is 24.1 Å². The van der Waals surface area contributed by atoms with Gasteiger partial charge in [0.05, 0.1) is 11.8 Å². The molecule has 0 bridgehead atoms. The van der Waals surface area contributed by atoms with E-state index in [0.717, 1.165) is 38.9 Å². The van der Waals surface area contributed by atoms with E-state index in [4.69, 9.17) is 0 Å². The number of likely N-dealkylation sites (tertiary alicyclic amines) is 1. The molecular weight excluding hydrogens is 268 g/mol. The fourth-order valence-corrected chi connectivity index (χ4v) is 3.78. The second-order valence-electron chi connectivity index (χ2n) is 6.59. The first kappa shape index (κ1) is 16.3. The molecule has 1 aliphatic carbocycles. The minimum absolute atomic E-state index is 0.0479. The lowest BCUT2D eigenvalue weighted by atomic mass is 9.95. The lowest BCUT2D eigenvalue weighted by Gasteiger charge is -2.18. The summed E-state index contributed by atoms with van der Waals surface area (Å²) >= 11 is 0. The number of rotatable bonds is 6. The van der Waals surface area contributed by atoms with Crippen molar-refractivity contribution in [3.63, 3.8) is 0 Å². The van der Waals surface area contributed by atoms with E-state index in [-0.39, 0.29) is 11.8 Å². The van der Waals surface area contributed by atoms with Crippen molar-refractivity contribution in [1.82, 2.24) is 10.2 Å². The topological polar surface area (TPSA) is 69.6 Å². The quantitative estimate of drug-likeness (QED) is 0.781. The van der Waals surface area contributed by atoms with Gasteiger partial charge in [0, 0.05) is 13.1 Å². The minimum Gasteiger partial charge on any atom is -0.481 e. The van der Waals surface area contributed by atoms with E-state index in [1.807, 2.05) is 0 Å². The van der Waals surface area contributed by atoms with E-state index in [9.17, 15) is 14.7 Å². The summed E-state index contributed by atoms with van der Waals surface area (Å²) < 4.78 is 0. The van der Waals surface area contributed by atoms with Crippen LogP contribution in [0.25, 0.3) is 0 Å². The number of nitrogens with one attached hydrogen (secondary N) is 1. The van der Waals surface area contributed by atoms with Gasteiger partial charge in [-0.1, -0.05) is 20.3 Å². The van der Waals surface area contributed by atoms with Crippen LogP contribution in [0.5, 0.6) is 0 Å². The van der Waals surface area contributed by atoms with E-state index in [1.165, 1.54) is 0 Å². The maximum atomic E-state index is 12.3. The van der Waals surface area contributed by atoms with Crippen LogP contribution >= 0.6 is 0 Å². The summed E-state index contributed by atoms with van der Waals surface area (Å²) in [5.41, 5.74) is 0. The molecule has 0 aromatic rings. The molecule has 120 valence electrons. The third-order valence-electron chi connectivity index (χ3n) is 5.27. The average Bonchev–Trinajstić information content (AvgIpc) is 3.11. The highest BCUT2D eigenvalue weighted by molar-refractivity contribution is 5.85. The normalized spacial score (nSPS) is 33.2. The maximum Gasteiger partial charge on any atom is 0.307 e. The number of carboxylic acids is 1. The van der Waals surface area contributed by atoms with E-state index < -0.39 is 11.9 Å². The summed E-state index contributed by atoms with van der Waals surface area (Å²) in [6.07, 6.45) is 3.46. The predicted octanol–water partition coefficient (Wildman–Crippen LogP) is 1.58. The van der Waals surface area contributed by atoms with E-state index in [0.29, 0.717) is 24.8 Å². The van der Waals surface area contributed by atoms with E-state index in [1.54, 1.807) is 0 Å². The van der Waals surface area contributed by atoms with Crippen molar-refractivity contribution in [2.75, 3.05) is 26.2 Å². The van der Waals surface area contributed by atoms with Crippen molar-refractivity contribution >= 4 is 11.9 Å². The number of amides is 1. The van der Waals surface area contributed by atoms with E-state index >= 15 is 0 Å². The molecule has 0 radical (unpaired) electrons. The predicted molar refractivity (Wildman–Crippen MR) is 80.9 cm³/mol. The zero-order chi connectivity index (χ0) is 15.4. The first-order valence-corrected chi connectivity index (χ1v) is 8.27. The molecule has 2 fully saturated rings. The van der Waals surface area contributed by atoms with Crippen LogP contribution in [0, 0.1) is 23.7 Å². The molecule has 1 saturated heterocycles. The molecule has 2 rings (SSSR count). The summed E-state index contributed by atoms with van der Waals surface area (Å²) in [6, 6.07) is 0. The Morgan fingerprint density at radius 2 is 1.90 bits per heavy atom. The number of hydrogen-bond acceptors (Lipinski definition) is 3. The smallest absolute Gasteiger partial charge is 0.307 e. The molecule has 1 saturated carbocycles. The molecular formula is C16H28N2O3. The van der Waals surface area contributed by atoms with Crippen molar-refractivity contribution in [3.8, 4) is 0 Å². The fourth-order valence-electron chi connectivity index (χ4n) is 3.78. The standard InChI is InChI=1S/C16H28N2O3/c1-3-11-7-13(14(8-11)16(20)21)15(19)17-9-12-5-6-18(4-2)10-12/h11-14H,3-10H2,1-2H3,(H,17,19)(H,20,21). The molecule has 5 heteroatoms. The Balaban J connectivity index is 1.83. The Labute approximate surface area is 127 Å². The molecule has 0 aromatic heterocycles. The van der Waals surface area contributed by atoms with Crippen LogP contribution in [0.1, 0.15) is 39.5 Å². The third-order valence-corrected chi connectivity index (χ3v) is 5.27. The van der Waals surface area contributed by atoms with Crippen molar-refractivity contribution in [1.29, 1.82) is 0 Å². The molecule has 1 aliphatic heterocycles. The van der Waals surface area contributed by atoms with Gasteiger partial charge in [0.2, 0.25) is 5.91 Å². The lowest BCUT2D eigenvalue weighted by Crippen LogP contribution is -2.38. The number of nitrogens with zero attached hydrogens (tertiary/aromatic N) is 1. The number of carboxylic acid groups (broad SMARTS) is 1. The maximum absolute atomic E-state index is 12.3. The summed E-state index contributed by atoms with van der Waals surface area (Å²) in [5.74, 6) is -0.802. The minimum atomic E-state index is -0.816. The largest absolute Gasteiger partial charge is 0.481 e. The molecule has 5 nitrogen and oxygen atoms in total. The van der Waals surface area contributed by atoms with Gasteiger partial charge in [-0.15, -0.1) is 0 Å². The van der Waals surface area contributed by atoms with Gasteiger partial charge in [-0.05, 0) is 44.2 Å². The van der Waals surface area contributed by atoms with Crippen LogP contribution in [-0.2, 0) is 9.59 Å². The molecule has 1 amide bonds. The van der Waals surface area contributed by atoms with Crippen molar-refractivity contribution in [3.05, 3.63) is 0 Å². The average molecular weight is 296 g/mol. The Morgan fingerprint density at radius 3 is 2.48 bits per heavy atom. The van der Waals surface area contributed by atoms with Gasteiger partial charge in [0.25, 0.3) is 0 Å². The number of aliphatic carboxylic acids is 1. The lowest BCUT2D eigenvalue weighted by molar-refractivity contribution is -0.146. The Morgan fingerprint density at radius 1 is 1.19 bits per heavy atom. The Hall–Kier alpha value is -1.10. The van der Waals surface area contributed by atoms with Crippen molar-refractivity contribution in [2.24, 2.45) is 23.7 Å². The second kappa shape index (κ2) is 7.25. The van der Waals surface area contributed by atoms with Crippen LogP contribution < -0.4 is 5.32 Å². The first-order valence-electron chi connectivity index (χ1n) is 8.27. The molecule has 4 unspecified atom stereocenters. The van der Waals surface area contributed by atoms with Crippen LogP contribution in [0.4, 0.5) is 0 Å². The molecule has 0 aromatic carbocycles. The summed E-state index contributed by atoms with van der Waals surface area (Å²) in [6.45, 7) is 8.13. The molecule has 0 spiro atoms. The third kappa shape index (κ3) is 3.96. The highest BCUT2D eigenvalue weighted by atomic mass is 16.4. The van der Waals surface area contributed by atoms with Crippen molar-refractivity contribution in [2.45, 2.75) is 39.5 Å². The summed E-state index contributed by atoms with van der Waals surface area (Å²) in [4.78, 5) is 26.1. The highest BCUT2D eigenvalue weighted by Gasteiger charge is 2.42. The van der Waals surface area contributed by atoms with Crippen molar-refractivity contribution < 1.29 is 14.7 Å². The monoisotopic (exact) mass is 296 g/mol. The van der Waals surface area contributed by atoms with Gasteiger partial charge in [0.1, 0.15) is 0 Å². The van der Waals surface area contributed by atoms with Gasteiger partial charge in [-0.25, -0.2) is 0 Å². The number of carbonyl (C=O) groups excluding carboxylic acids is 1. The zero-order valence-corrected chi connectivity index (χ0v) is 13.2. The van der Waals surface area contributed by atoms with Gasteiger partial charge in [-0.3, -0.25) is 9.59 Å². The Kier molecular flexibility index (Phi) is 5.62. The number of carbonyl (C=O) groups is 2. The summed E-state index contributed by atoms with van der Waals surface area (Å²) in [7, 11) is 0. The Bertz CT molecular complexity index is 386. The SMILES string of the molecule is CCC1CC(C(=O)O)C(C(=O)NCC2CCN(CC)C2)C1. The second-order valence-corrected chi connectivity index (χ2v) is 6.59. The van der Waals surface area contributed by atoms with Crippen LogP contribution in [0.3, 0.4) is 0 Å². The van der Waals surface area contributed by atoms with Gasteiger partial charge in [-0.2, -0.15) is 0 Å². The van der Waals surface area contributed by atoms with Crippen LogP contribution in [-0.4, -0.2) is 48.1 Å². The highest BCUT2D eigenvalue weighted by Crippen LogP contribution is 2.38. The number of hydrogen-bond donors (Lipinski definition) is 2. The molecule has 4 atom stereocenters. The summed E-state index contributed by atoms with van der Waals surface area (Å²) in [5, 5.41) is 12.3. The van der Waals surface area contributed by atoms with Crippen LogP contribution in [0.15, 0.2) is 0 Å². The molecule has 2 N–H and O–H groups in total. The van der Waals surface area contributed by atoms with Gasteiger partial charge >= 0.3 is 5.97 Å². The molecule has 2 aliphatic rings.